The summed E-state index contributed by atoms with van der Waals surface area (Å²) in [5, 5.41) is 10.9. The normalized spacial score (nSPS) is 31.3. The lowest BCUT2D eigenvalue weighted by Gasteiger charge is -2.43. The van der Waals surface area contributed by atoms with Gasteiger partial charge in [0, 0.05) is 68.8 Å². The van der Waals surface area contributed by atoms with Crippen molar-refractivity contribution < 1.29 is 19.5 Å². The van der Waals surface area contributed by atoms with Gasteiger partial charge in [-0.1, -0.05) is 30.7 Å². The third kappa shape index (κ3) is 6.99. The average molecular weight is 656 g/mol. The maximum Gasteiger partial charge on any atom is 0.245 e. The van der Waals surface area contributed by atoms with Gasteiger partial charge in [0.2, 0.25) is 17.7 Å². The number of aliphatic hydroxyl groups is 1. The van der Waals surface area contributed by atoms with Crippen LogP contribution in [0.15, 0.2) is 24.3 Å². The highest BCUT2D eigenvalue weighted by atomic mass is 35.5. The number of carbonyl (C=O) groups is 3. The Morgan fingerprint density at radius 1 is 0.891 bits per heavy atom. The van der Waals surface area contributed by atoms with Crippen molar-refractivity contribution in [3.05, 3.63) is 34.9 Å². The summed E-state index contributed by atoms with van der Waals surface area (Å²) in [6, 6.07) is 7.61. The van der Waals surface area contributed by atoms with Crippen LogP contribution in [0.25, 0.3) is 0 Å². The molecule has 46 heavy (non-hydrogen) atoms. The number of hydrogen-bond acceptors (Lipinski definition) is 6. The largest absolute Gasteiger partial charge is 0.395 e. The number of rotatable bonds is 8. The van der Waals surface area contributed by atoms with E-state index in [0.29, 0.717) is 49.6 Å². The van der Waals surface area contributed by atoms with Gasteiger partial charge in [0.15, 0.2) is 0 Å². The van der Waals surface area contributed by atoms with Crippen molar-refractivity contribution in [3.8, 4) is 0 Å². The molecule has 9 nitrogen and oxygen atoms in total. The molecule has 254 valence electrons. The Hall–Kier alpha value is -2.20. The van der Waals surface area contributed by atoms with Gasteiger partial charge in [-0.2, -0.15) is 0 Å². The molecule has 4 atom stereocenters. The van der Waals surface area contributed by atoms with E-state index in [-0.39, 0.29) is 48.2 Å². The van der Waals surface area contributed by atoms with E-state index in [9.17, 15) is 19.5 Å². The minimum atomic E-state index is -0.937. The molecule has 1 aromatic rings. The lowest BCUT2D eigenvalue weighted by Crippen LogP contribution is -2.55. The van der Waals surface area contributed by atoms with E-state index >= 15 is 0 Å². The van der Waals surface area contributed by atoms with Gasteiger partial charge < -0.3 is 24.7 Å². The fourth-order valence-corrected chi connectivity index (χ4v) is 8.51. The van der Waals surface area contributed by atoms with E-state index in [1.807, 2.05) is 39.0 Å². The Morgan fingerprint density at radius 2 is 1.54 bits per heavy atom. The smallest absolute Gasteiger partial charge is 0.245 e. The van der Waals surface area contributed by atoms with Crippen LogP contribution in [0, 0.1) is 17.3 Å². The van der Waals surface area contributed by atoms with Gasteiger partial charge in [-0.05, 0) is 89.5 Å². The zero-order valence-corrected chi connectivity index (χ0v) is 29.0. The summed E-state index contributed by atoms with van der Waals surface area (Å²) >= 11 is 6.25. The summed E-state index contributed by atoms with van der Waals surface area (Å²) in [7, 11) is 2.07. The van der Waals surface area contributed by atoms with Gasteiger partial charge in [0.25, 0.3) is 0 Å². The molecule has 10 heteroatoms. The molecule has 5 aliphatic rings. The van der Waals surface area contributed by atoms with Crippen LogP contribution in [0.4, 0.5) is 0 Å². The second-order valence-electron chi connectivity index (χ2n) is 15.6. The lowest BCUT2D eigenvalue weighted by molar-refractivity contribution is -0.149. The predicted octanol–water partition coefficient (Wildman–Crippen LogP) is 3.69. The molecule has 1 N–H and O–H groups in total. The van der Waals surface area contributed by atoms with Crippen LogP contribution in [0.3, 0.4) is 0 Å². The van der Waals surface area contributed by atoms with Crippen LogP contribution in [0.2, 0.25) is 5.02 Å². The highest BCUT2D eigenvalue weighted by molar-refractivity contribution is 6.30. The molecule has 3 saturated heterocycles. The minimum absolute atomic E-state index is 0.00937. The first-order valence-corrected chi connectivity index (χ1v) is 18.1. The maximum atomic E-state index is 14.9. The minimum Gasteiger partial charge on any atom is -0.395 e. The highest BCUT2D eigenvalue weighted by Crippen LogP contribution is 2.42. The summed E-state index contributed by atoms with van der Waals surface area (Å²) in [4.78, 5) is 54.0. The summed E-state index contributed by atoms with van der Waals surface area (Å²) in [5.74, 6) is 0.346. The van der Waals surface area contributed by atoms with Crippen molar-refractivity contribution in [2.24, 2.45) is 17.3 Å². The molecule has 0 unspecified atom stereocenters. The number of likely N-dealkylation sites (N-methyl/N-ethyl adjacent to an activating group) is 1. The second kappa shape index (κ2) is 13.7. The number of piperazine rings is 1. The molecule has 0 bridgehead atoms. The molecule has 5 fully saturated rings. The molecule has 0 aromatic heterocycles. The number of benzene rings is 1. The van der Waals surface area contributed by atoms with E-state index in [1.165, 1.54) is 12.8 Å². The zero-order chi connectivity index (χ0) is 32.7. The Morgan fingerprint density at radius 3 is 2.15 bits per heavy atom. The monoisotopic (exact) mass is 655 g/mol. The number of amides is 3. The number of carbonyl (C=O) groups excluding carboxylic acids is 3. The van der Waals surface area contributed by atoms with Gasteiger partial charge in [-0.25, -0.2) is 0 Å². The summed E-state index contributed by atoms with van der Waals surface area (Å²) in [6.45, 7) is 10.4. The Balaban J connectivity index is 1.32. The average Bonchev–Trinajstić information content (AvgIpc) is 3.66. The molecule has 1 aromatic carbocycles. The van der Waals surface area contributed by atoms with Gasteiger partial charge in [-0.15, -0.1) is 0 Å². The van der Waals surface area contributed by atoms with Crippen LogP contribution in [0.1, 0.15) is 77.2 Å². The molecule has 0 radical (unpaired) electrons. The molecule has 2 saturated carbocycles. The molecule has 3 aliphatic heterocycles. The number of aliphatic hydroxyl groups excluding tert-OH is 1. The lowest BCUT2D eigenvalue weighted by atomic mass is 9.83. The highest BCUT2D eigenvalue weighted by Gasteiger charge is 2.52. The third-order valence-corrected chi connectivity index (χ3v) is 11.9. The fourth-order valence-electron chi connectivity index (χ4n) is 8.38. The quantitative estimate of drug-likeness (QED) is 0.460. The standard InChI is InChI=1S/C36H54ClN5O4/c1-24-5-11-28(12-6-24)42(35(46)36(2,3)23-43)29-19-32(34(45)39-17-15-38(4)16-18-39)41(20-29)33(44)31-22-40(27-13-14-27)21-30(31)25-7-9-26(37)10-8-25/h7-10,24,27-32,43H,5-6,11-23H2,1-4H3/t24-,28+,29-,30-,31+,32-/m0/s1. The topological polar surface area (TPSA) is 87.6 Å². The number of halogens is 1. The van der Waals surface area contributed by atoms with Crippen molar-refractivity contribution in [1.82, 2.24) is 24.5 Å². The van der Waals surface area contributed by atoms with Crippen LogP contribution >= 0.6 is 11.6 Å². The van der Waals surface area contributed by atoms with Gasteiger partial charge in [0.1, 0.15) is 6.04 Å². The van der Waals surface area contributed by atoms with Gasteiger partial charge >= 0.3 is 0 Å². The first-order valence-electron chi connectivity index (χ1n) is 17.7. The van der Waals surface area contributed by atoms with Crippen molar-refractivity contribution >= 4 is 29.3 Å². The van der Waals surface area contributed by atoms with E-state index in [2.05, 4.69) is 23.8 Å². The zero-order valence-electron chi connectivity index (χ0n) is 28.2. The molecule has 2 aliphatic carbocycles. The Bertz CT molecular complexity index is 1260. The molecule has 6 rings (SSSR count). The summed E-state index contributed by atoms with van der Waals surface area (Å²) in [6.07, 6.45) is 6.70. The summed E-state index contributed by atoms with van der Waals surface area (Å²) in [5.41, 5.74) is 0.175. The predicted molar refractivity (Wildman–Crippen MR) is 179 cm³/mol. The fraction of sp³-hybridized carbons (Fsp3) is 0.750. The van der Waals surface area contributed by atoms with E-state index in [1.54, 1.807) is 13.8 Å². The van der Waals surface area contributed by atoms with Crippen molar-refractivity contribution in [1.29, 1.82) is 0 Å². The number of hydrogen-bond donors (Lipinski definition) is 1. The first kappa shape index (κ1) is 33.7. The van der Waals surface area contributed by atoms with Crippen molar-refractivity contribution in [2.45, 2.75) is 95.8 Å². The van der Waals surface area contributed by atoms with E-state index < -0.39 is 11.5 Å². The van der Waals surface area contributed by atoms with Gasteiger partial charge in [0.05, 0.1) is 24.0 Å². The van der Waals surface area contributed by atoms with Crippen LogP contribution in [0.5, 0.6) is 0 Å². The Labute approximate surface area is 280 Å². The second-order valence-corrected chi connectivity index (χ2v) is 16.1. The van der Waals surface area contributed by atoms with E-state index in [0.717, 1.165) is 50.9 Å². The van der Waals surface area contributed by atoms with Crippen LogP contribution in [-0.4, -0.2) is 131 Å². The van der Waals surface area contributed by atoms with Crippen LogP contribution < -0.4 is 0 Å². The van der Waals surface area contributed by atoms with Gasteiger partial charge in [-0.3, -0.25) is 19.3 Å². The molecular formula is C36H54ClN5O4. The Kier molecular flexibility index (Phi) is 10.1. The SMILES string of the molecule is CN1CCN(C(=O)[C@@H]2C[C@H](N(C(=O)C(C)(C)CO)[C@H]3CC[C@@H](C)CC3)CN2C(=O)[C@@H]2CN(C3CC3)C[C@H]2c2ccc(Cl)cc2)CC1. The number of nitrogens with zero attached hydrogens (tertiary/aromatic N) is 5. The third-order valence-electron chi connectivity index (χ3n) is 11.7. The number of likely N-dealkylation sites (tertiary alicyclic amines) is 2. The van der Waals surface area contributed by atoms with E-state index in [4.69, 9.17) is 11.6 Å². The molecule has 3 heterocycles. The molecular weight excluding hydrogens is 602 g/mol. The van der Waals surface area contributed by atoms with Crippen molar-refractivity contribution in [3.63, 3.8) is 0 Å². The molecule has 3 amide bonds. The first-order chi connectivity index (χ1) is 22.0. The van der Waals surface area contributed by atoms with Crippen LogP contribution in [-0.2, 0) is 14.4 Å². The summed E-state index contributed by atoms with van der Waals surface area (Å²) < 4.78 is 0. The maximum absolute atomic E-state index is 14.9. The molecule has 0 spiro atoms. The van der Waals surface area contributed by atoms with Crippen molar-refractivity contribution in [2.75, 3.05) is 59.5 Å².